The quantitative estimate of drug-likeness (QED) is 0.811. The van der Waals surface area contributed by atoms with Crippen LogP contribution in [0, 0.1) is 0 Å². The van der Waals surface area contributed by atoms with Gasteiger partial charge in [0, 0.05) is 16.4 Å². The Morgan fingerprint density at radius 1 is 1.40 bits per heavy atom. The Labute approximate surface area is 121 Å². The molecule has 0 unspecified atom stereocenters. The summed E-state index contributed by atoms with van der Waals surface area (Å²) in [6.07, 6.45) is 3.56. The predicted octanol–water partition coefficient (Wildman–Crippen LogP) is 3.39. The number of carbonyl (C=O) groups is 1. The van der Waals surface area contributed by atoms with E-state index in [1.165, 1.54) is 18.6 Å². The minimum Gasteiger partial charge on any atom is -0.463 e. The standard InChI is InChI=1S/C14H16N2O3S/c1-14(2,3)11-7-9(12(19-11)13(17)18-4)5-6-10-8-20-16-15-10/h5-8H,1-4H3/b6-5+. The summed E-state index contributed by atoms with van der Waals surface area (Å²) < 4.78 is 14.2. The van der Waals surface area contributed by atoms with Gasteiger partial charge in [-0.05, 0) is 29.8 Å². The lowest BCUT2D eigenvalue weighted by Crippen LogP contribution is -2.09. The minimum atomic E-state index is -0.489. The number of hydrogen-bond donors (Lipinski definition) is 0. The summed E-state index contributed by atoms with van der Waals surface area (Å²) in [5, 5.41) is 5.73. The van der Waals surface area contributed by atoms with Crippen molar-refractivity contribution in [2.75, 3.05) is 7.11 Å². The lowest BCUT2D eigenvalue weighted by atomic mass is 9.93. The van der Waals surface area contributed by atoms with Gasteiger partial charge in [0.15, 0.2) is 0 Å². The second-order valence-corrected chi connectivity index (χ2v) is 5.91. The molecule has 0 aliphatic heterocycles. The van der Waals surface area contributed by atoms with E-state index in [9.17, 15) is 4.79 Å². The molecule has 0 N–H and O–H groups in total. The van der Waals surface area contributed by atoms with Crippen molar-refractivity contribution >= 4 is 29.7 Å². The highest BCUT2D eigenvalue weighted by molar-refractivity contribution is 7.03. The van der Waals surface area contributed by atoms with Crippen molar-refractivity contribution < 1.29 is 13.9 Å². The minimum absolute atomic E-state index is 0.183. The van der Waals surface area contributed by atoms with Crippen LogP contribution < -0.4 is 0 Å². The van der Waals surface area contributed by atoms with Crippen LogP contribution in [0.3, 0.4) is 0 Å². The van der Waals surface area contributed by atoms with E-state index in [0.29, 0.717) is 5.56 Å². The molecule has 0 aromatic carbocycles. The summed E-state index contributed by atoms with van der Waals surface area (Å²) in [6, 6.07) is 1.85. The molecule has 2 rings (SSSR count). The number of rotatable bonds is 3. The molecule has 106 valence electrons. The molecule has 0 spiro atoms. The number of ether oxygens (including phenoxy) is 1. The molecule has 0 saturated carbocycles. The third-order valence-corrected chi connectivity index (χ3v) is 3.20. The predicted molar refractivity (Wildman–Crippen MR) is 77.6 cm³/mol. The Hall–Kier alpha value is -1.95. The second-order valence-electron chi connectivity index (χ2n) is 5.30. The van der Waals surface area contributed by atoms with Gasteiger partial charge in [-0.3, -0.25) is 0 Å². The van der Waals surface area contributed by atoms with Gasteiger partial charge in [0.05, 0.1) is 12.8 Å². The molecule has 0 fully saturated rings. The van der Waals surface area contributed by atoms with E-state index in [1.807, 2.05) is 32.2 Å². The van der Waals surface area contributed by atoms with Crippen LogP contribution in [-0.4, -0.2) is 22.7 Å². The lowest BCUT2D eigenvalue weighted by molar-refractivity contribution is 0.0561. The Bertz CT molecular complexity index is 621. The van der Waals surface area contributed by atoms with Crippen molar-refractivity contribution in [1.82, 2.24) is 9.59 Å². The van der Waals surface area contributed by atoms with E-state index in [0.717, 1.165) is 11.5 Å². The van der Waals surface area contributed by atoms with Crippen molar-refractivity contribution in [3.05, 3.63) is 34.2 Å². The first-order valence-corrected chi connectivity index (χ1v) is 6.93. The number of methoxy groups -OCH3 is 1. The lowest BCUT2D eigenvalue weighted by Gasteiger charge is -2.13. The first-order chi connectivity index (χ1) is 9.41. The summed E-state index contributed by atoms with van der Waals surface area (Å²) in [7, 11) is 1.33. The molecule has 0 aliphatic rings. The van der Waals surface area contributed by atoms with Crippen LogP contribution in [-0.2, 0) is 10.2 Å². The Morgan fingerprint density at radius 3 is 2.70 bits per heavy atom. The fraction of sp³-hybridized carbons (Fsp3) is 0.357. The molecule has 0 saturated heterocycles. The molecule has 0 amide bonds. The van der Waals surface area contributed by atoms with Crippen molar-refractivity contribution in [2.45, 2.75) is 26.2 Å². The first kappa shape index (κ1) is 14.5. The van der Waals surface area contributed by atoms with Crippen LogP contribution in [0.15, 0.2) is 15.9 Å². The topological polar surface area (TPSA) is 65.2 Å². The van der Waals surface area contributed by atoms with Crippen LogP contribution >= 0.6 is 11.5 Å². The first-order valence-electron chi connectivity index (χ1n) is 6.09. The zero-order chi connectivity index (χ0) is 14.8. The smallest absolute Gasteiger partial charge is 0.374 e. The van der Waals surface area contributed by atoms with Gasteiger partial charge in [-0.15, -0.1) is 5.10 Å². The third kappa shape index (κ3) is 3.14. The summed E-state index contributed by atoms with van der Waals surface area (Å²) >= 11 is 1.27. The number of hydrogen-bond acceptors (Lipinski definition) is 6. The highest BCUT2D eigenvalue weighted by Crippen LogP contribution is 2.28. The molecule has 2 aromatic rings. The van der Waals surface area contributed by atoms with Gasteiger partial charge in [0.1, 0.15) is 5.76 Å². The maximum atomic E-state index is 11.8. The average Bonchev–Trinajstić information content (AvgIpc) is 3.03. The maximum Gasteiger partial charge on any atom is 0.374 e. The molecular formula is C14H16N2O3S. The third-order valence-electron chi connectivity index (χ3n) is 2.68. The highest BCUT2D eigenvalue weighted by atomic mass is 32.1. The van der Waals surface area contributed by atoms with Crippen LogP contribution in [0.25, 0.3) is 12.2 Å². The van der Waals surface area contributed by atoms with E-state index >= 15 is 0 Å². The van der Waals surface area contributed by atoms with Crippen LogP contribution in [0.2, 0.25) is 0 Å². The van der Waals surface area contributed by atoms with Crippen molar-refractivity contribution in [1.29, 1.82) is 0 Å². The number of esters is 1. The fourth-order valence-corrected chi connectivity index (χ4v) is 1.99. The monoisotopic (exact) mass is 292 g/mol. The van der Waals surface area contributed by atoms with Gasteiger partial charge in [-0.2, -0.15) is 0 Å². The number of furan rings is 1. The van der Waals surface area contributed by atoms with Crippen LogP contribution in [0.5, 0.6) is 0 Å². The number of aromatic nitrogens is 2. The van der Waals surface area contributed by atoms with E-state index in [1.54, 1.807) is 12.2 Å². The van der Waals surface area contributed by atoms with Crippen molar-refractivity contribution in [2.24, 2.45) is 0 Å². The van der Waals surface area contributed by atoms with E-state index in [-0.39, 0.29) is 11.2 Å². The SMILES string of the molecule is COC(=O)c1oc(C(C)(C)C)cc1/C=C/c1csnn1. The Kier molecular flexibility index (Phi) is 4.04. The molecule has 6 heteroatoms. The molecule has 0 radical (unpaired) electrons. The maximum absolute atomic E-state index is 11.8. The van der Waals surface area contributed by atoms with Crippen LogP contribution in [0.1, 0.15) is 48.3 Å². The summed E-state index contributed by atoms with van der Waals surface area (Å²) in [4.78, 5) is 11.8. The van der Waals surface area contributed by atoms with Gasteiger partial charge in [0.25, 0.3) is 0 Å². The van der Waals surface area contributed by atoms with Gasteiger partial charge in [0.2, 0.25) is 5.76 Å². The molecule has 2 aromatic heterocycles. The molecule has 0 aliphatic carbocycles. The summed E-state index contributed by atoms with van der Waals surface area (Å²) in [6.45, 7) is 6.06. The van der Waals surface area contributed by atoms with E-state index in [4.69, 9.17) is 9.15 Å². The van der Waals surface area contributed by atoms with Crippen molar-refractivity contribution in [3.8, 4) is 0 Å². The molecule has 2 heterocycles. The summed E-state index contributed by atoms with van der Waals surface area (Å²) in [5.74, 6) is 0.447. The summed E-state index contributed by atoms with van der Waals surface area (Å²) in [5.41, 5.74) is 1.23. The normalized spacial score (nSPS) is 12.0. The largest absolute Gasteiger partial charge is 0.463 e. The number of carbonyl (C=O) groups excluding carboxylic acids is 1. The van der Waals surface area contributed by atoms with Gasteiger partial charge >= 0.3 is 5.97 Å². The van der Waals surface area contributed by atoms with Gasteiger partial charge < -0.3 is 9.15 Å². The van der Waals surface area contributed by atoms with E-state index in [2.05, 4.69) is 9.59 Å². The zero-order valence-electron chi connectivity index (χ0n) is 11.8. The highest BCUT2D eigenvalue weighted by Gasteiger charge is 2.24. The van der Waals surface area contributed by atoms with Gasteiger partial charge in [-0.25, -0.2) is 4.79 Å². The molecule has 0 atom stereocenters. The van der Waals surface area contributed by atoms with Gasteiger partial charge in [-0.1, -0.05) is 25.3 Å². The Balaban J connectivity index is 2.39. The van der Waals surface area contributed by atoms with Crippen LogP contribution in [0.4, 0.5) is 0 Å². The zero-order valence-corrected chi connectivity index (χ0v) is 12.7. The molecule has 20 heavy (non-hydrogen) atoms. The number of nitrogens with zero attached hydrogens (tertiary/aromatic N) is 2. The molecule has 5 nitrogen and oxygen atoms in total. The van der Waals surface area contributed by atoms with Crippen molar-refractivity contribution in [3.63, 3.8) is 0 Å². The Morgan fingerprint density at radius 2 is 2.15 bits per heavy atom. The fourth-order valence-electron chi connectivity index (χ4n) is 1.57. The van der Waals surface area contributed by atoms with E-state index < -0.39 is 5.97 Å². The second kappa shape index (κ2) is 5.58. The molecule has 0 bridgehead atoms. The molecular weight excluding hydrogens is 276 g/mol. The average molecular weight is 292 g/mol.